The fourth-order valence-electron chi connectivity index (χ4n) is 2.04. The second-order valence-electron chi connectivity index (χ2n) is 4.56. The van der Waals surface area contributed by atoms with E-state index in [0.717, 1.165) is 12.2 Å². The van der Waals surface area contributed by atoms with Gasteiger partial charge in [-0.05, 0) is 52.6 Å². The molecule has 0 aromatic carbocycles. The average Bonchev–Trinajstić information content (AvgIpc) is 2.52. The first-order valence-electron chi connectivity index (χ1n) is 6.28. The van der Waals surface area contributed by atoms with Gasteiger partial charge in [0.15, 0.2) is 0 Å². The minimum Gasteiger partial charge on any atom is -0.317 e. The number of hydrogen-bond acceptors (Lipinski definition) is 2. The minimum absolute atomic E-state index is 0.651. The summed E-state index contributed by atoms with van der Waals surface area (Å²) in [7, 11) is 2.04. The summed E-state index contributed by atoms with van der Waals surface area (Å²) in [5.41, 5.74) is 3.81. The van der Waals surface area contributed by atoms with Crippen molar-refractivity contribution >= 4 is 0 Å². The normalized spacial score (nSPS) is 13.1. The van der Waals surface area contributed by atoms with E-state index >= 15 is 0 Å². The molecular formula is C13H25N3. The lowest BCUT2D eigenvalue weighted by Crippen LogP contribution is -2.24. The molecule has 3 nitrogen and oxygen atoms in total. The van der Waals surface area contributed by atoms with Gasteiger partial charge in [0.2, 0.25) is 0 Å². The maximum absolute atomic E-state index is 4.55. The first-order valence-corrected chi connectivity index (χ1v) is 6.28. The van der Waals surface area contributed by atoms with Crippen molar-refractivity contribution < 1.29 is 0 Å². The van der Waals surface area contributed by atoms with Crippen LogP contribution in [0.25, 0.3) is 0 Å². The van der Waals surface area contributed by atoms with E-state index in [2.05, 4.69) is 42.8 Å². The van der Waals surface area contributed by atoms with Gasteiger partial charge in [-0.15, -0.1) is 0 Å². The van der Waals surface area contributed by atoms with Crippen LogP contribution in [0.5, 0.6) is 0 Å². The van der Waals surface area contributed by atoms with Crippen LogP contribution in [-0.4, -0.2) is 22.9 Å². The minimum atomic E-state index is 0.651. The molecule has 1 aromatic heterocycles. The van der Waals surface area contributed by atoms with Gasteiger partial charge >= 0.3 is 0 Å². The molecule has 0 aliphatic carbocycles. The summed E-state index contributed by atoms with van der Waals surface area (Å²) in [6, 6.07) is 0.651. The predicted octanol–water partition coefficient (Wildman–Crippen LogP) is 2.59. The van der Waals surface area contributed by atoms with Gasteiger partial charge in [-0.1, -0.05) is 6.92 Å². The zero-order valence-corrected chi connectivity index (χ0v) is 11.3. The molecular weight excluding hydrogens is 198 g/mol. The lowest BCUT2D eigenvalue weighted by molar-refractivity contribution is 0.452. The monoisotopic (exact) mass is 223 g/mol. The number of aromatic nitrogens is 2. The second-order valence-corrected chi connectivity index (χ2v) is 4.56. The molecule has 1 unspecified atom stereocenters. The lowest BCUT2D eigenvalue weighted by atomic mass is 10.1. The summed E-state index contributed by atoms with van der Waals surface area (Å²) in [5.74, 6) is 0. The third kappa shape index (κ3) is 3.08. The first kappa shape index (κ1) is 13.2. The Labute approximate surface area is 99.2 Å². The standard InChI is InChI=1S/C13H25N3/c1-6-13(14-5)8-7-9-16-12(4)10(2)11(3)15-16/h13-14H,6-9H2,1-5H3. The molecule has 16 heavy (non-hydrogen) atoms. The first-order chi connectivity index (χ1) is 7.60. The molecule has 1 aromatic rings. The number of rotatable bonds is 6. The Morgan fingerprint density at radius 1 is 1.31 bits per heavy atom. The van der Waals surface area contributed by atoms with E-state index < -0.39 is 0 Å². The Balaban J connectivity index is 2.46. The van der Waals surface area contributed by atoms with Crippen LogP contribution < -0.4 is 5.32 Å². The van der Waals surface area contributed by atoms with Crippen molar-refractivity contribution in [2.24, 2.45) is 0 Å². The fraction of sp³-hybridized carbons (Fsp3) is 0.769. The third-order valence-corrected chi connectivity index (χ3v) is 3.57. The topological polar surface area (TPSA) is 29.9 Å². The molecule has 0 radical (unpaired) electrons. The lowest BCUT2D eigenvalue weighted by Gasteiger charge is -2.13. The Morgan fingerprint density at radius 3 is 2.44 bits per heavy atom. The van der Waals surface area contributed by atoms with Crippen LogP contribution in [-0.2, 0) is 6.54 Å². The van der Waals surface area contributed by atoms with Gasteiger partial charge in [-0.2, -0.15) is 5.10 Å². The molecule has 1 atom stereocenters. The molecule has 1 heterocycles. The van der Waals surface area contributed by atoms with E-state index in [1.165, 1.54) is 30.5 Å². The zero-order valence-electron chi connectivity index (χ0n) is 11.3. The molecule has 0 spiro atoms. The zero-order chi connectivity index (χ0) is 12.1. The molecule has 3 heteroatoms. The van der Waals surface area contributed by atoms with E-state index in [0.29, 0.717) is 6.04 Å². The van der Waals surface area contributed by atoms with Crippen LogP contribution in [0.2, 0.25) is 0 Å². The highest BCUT2D eigenvalue weighted by molar-refractivity contribution is 5.21. The third-order valence-electron chi connectivity index (χ3n) is 3.57. The fourth-order valence-corrected chi connectivity index (χ4v) is 2.04. The maximum atomic E-state index is 4.55. The highest BCUT2D eigenvalue weighted by atomic mass is 15.3. The summed E-state index contributed by atoms with van der Waals surface area (Å²) >= 11 is 0. The summed E-state index contributed by atoms with van der Waals surface area (Å²) in [4.78, 5) is 0. The van der Waals surface area contributed by atoms with Gasteiger partial charge in [-0.25, -0.2) is 0 Å². The van der Waals surface area contributed by atoms with Gasteiger partial charge in [0.25, 0.3) is 0 Å². The molecule has 0 fully saturated rings. The van der Waals surface area contributed by atoms with Gasteiger partial charge < -0.3 is 5.32 Å². The summed E-state index contributed by atoms with van der Waals surface area (Å²) < 4.78 is 2.15. The number of nitrogens with one attached hydrogen (secondary N) is 1. The molecule has 0 aliphatic rings. The number of aryl methyl sites for hydroxylation is 2. The Kier molecular flexibility index (Phi) is 5.00. The van der Waals surface area contributed by atoms with E-state index in [-0.39, 0.29) is 0 Å². The quantitative estimate of drug-likeness (QED) is 0.803. The van der Waals surface area contributed by atoms with Crippen LogP contribution in [0.3, 0.4) is 0 Å². The average molecular weight is 223 g/mol. The summed E-state index contributed by atoms with van der Waals surface area (Å²) in [6.07, 6.45) is 3.62. The van der Waals surface area contributed by atoms with Crippen molar-refractivity contribution in [2.75, 3.05) is 7.05 Å². The molecule has 1 N–H and O–H groups in total. The molecule has 92 valence electrons. The second kappa shape index (κ2) is 6.04. The molecule has 1 rings (SSSR count). The molecule has 0 saturated carbocycles. The van der Waals surface area contributed by atoms with E-state index in [1.807, 2.05) is 7.05 Å². The van der Waals surface area contributed by atoms with E-state index in [9.17, 15) is 0 Å². The highest BCUT2D eigenvalue weighted by Crippen LogP contribution is 2.12. The van der Waals surface area contributed by atoms with E-state index in [1.54, 1.807) is 0 Å². The molecule has 0 amide bonds. The largest absolute Gasteiger partial charge is 0.317 e. The van der Waals surface area contributed by atoms with Crippen LogP contribution in [0.1, 0.15) is 43.1 Å². The SMILES string of the molecule is CCC(CCCn1nc(C)c(C)c1C)NC. The van der Waals surface area contributed by atoms with Crippen molar-refractivity contribution in [3.8, 4) is 0 Å². The number of hydrogen-bond donors (Lipinski definition) is 1. The van der Waals surface area contributed by atoms with Crippen LogP contribution in [0, 0.1) is 20.8 Å². The maximum Gasteiger partial charge on any atom is 0.0625 e. The Bertz CT molecular complexity index is 324. The van der Waals surface area contributed by atoms with Gasteiger partial charge in [0.05, 0.1) is 5.69 Å². The van der Waals surface area contributed by atoms with Crippen molar-refractivity contribution in [2.45, 2.75) is 59.5 Å². The van der Waals surface area contributed by atoms with Crippen LogP contribution >= 0.6 is 0 Å². The molecule has 0 bridgehead atoms. The van der Waals surface area contributed by atoms with Gasteiger partial charge in [-0.3, -0.25) is 4.68 Å². The van der Waals surface area contributed by atoms with Crippen molar-refractivity contribution in [1.29, 1.82) is 0 Å². The summed E-state index contributed by atoms with van der Waals surface area (Å²) in [6.45, 7) is 9.66. The van der Waals surface area contributed by atoms with Crippen LogP contribution in [0.4, 0.5) is 0 Å². The number of nitrogens with zero attached hydrogens (tertiary/aromatic N) is 2. The summed E-state index contributed by atoms with van der Waals surface area (Å²) in [5, 5.41) is 7.89. The van der Waals surface area contributed by atoms with E-state index in [4.69, 9.17) is 0 Å². The molecule has 0 aliphatic heterocycles. The van der Waals surface area contributed by atoms with Gasteiger partial charge in [0.1, 0.15) is 0 Å². The van der Waals surface area contributed by atoms with Gasteiger partial charge in [0, 0.05) is 18.3 Å². The Hall–Kier alpha value is -0.830. The van der Waals surface area contributed by atoms with Crippen molar-refractivity contribution in [1.82, 2.24) is 15.1 Å². The predicted molar refractivity (Wildman–Crippen MR) is 68.8 cm³/mol. The van der Waals surface area contributed by atoms with Crippen LogP contribution in [0.15, 0.2) is 0 Å². The highest BCUT2D eigenvalue weighted by Gasteiger charge is 2.07. The smallest absolute Gasteiger partial charge is 0.0625 e. The van der Waals surface area contributed by atoms with Crippen molar-refractivity contribution in [3.05, 3.63) is 17.0 Å². The Morgan fingerprint density at radius 2 is 2.00 bits per heavy atom. The van der Waals surface area contributed by atoms with Crippen molar-refractivity contribution in [3.63, 3.8) is 0 Å². The molecule has 0 saturated heterocycles.